The summed E-state index contributed by atoms with van der Waals surface area (Å²) in [5, 5.41) is 11.0. The number of methoxy groups -OCH3 is 1. The van der Waals surface area contributed by atoms with Crippen molar-refractivity contribution in [2.75, 3.05) is 7.11 Å². The number of aryl methyl sites for hydroxylation is 1. The highest BCUT2D eigenvalue weighted by atomic mass is 16.5. The van der Waals surface area contributed by atoms with Gasteiger partial charge in [0, 0.05) is 12.6 Å². The summed E-state index contributed by atoms with van der Waals surface area (Å²) in [5.41, 5.74) is 0.527. The smallest absolute Gasteiger partial charge is 0.188 e. The van der Waals surface area contributed by atoms with E-state index in [4.69, 9.17) is 9.47 Å². The third kappa shape index (κ3) is 2.45. The quantitative estimate of drug-likeness (QED) is 0.721. The van der Waals surface area contributed by atoms with E-state index in [9.17, 15) is 4.79 Å². The Kier molecular flexibility index (Phi) is 3.52. The summed E-state index contributed by atoms with van der Waals surface area (Å²) in [5.74, 6) is 1.62. The van der Waals surface area contributed by atoms with E-state index in [0.29, 0.717) is 22.9 Å². The highest BCUT2D eigenvalue weighted by Gasteiger charge is 2.08. The molecule has 1 heterocycles. The molecule has 0 amide bonds. The lowest BCUT2D eigenvalue weighted by Crippen LogP contribution is -2.05. The summed E-state index contributed by atoms with van der Waals surface area (Å²) in [6.45, 7) is 0.223. The number of carbonyl (C=O) groups excluding carboxylic acids is 1. The zero-order valence-electron chi connectivity index (χ0n) is 10.0. The minimum absolute atomic E-state index is 0.223. The van der Waals surface area contributed by atoms with Crippen LogP contribution in [0.15, 0.2) is 18.2 Å². The SMILES string of the molecule is COc1cc(C=O)ccc1OCc1nnnn1C. The number of hydrogen-bond acceptors (Lipinski definition) is 6. The molecule has 7 nitrogen and oxygen atoms in total. The predicted octanol–water partition coefficient (Wildman–Crippen LogP) is 0.610. The third-order valence-electron chi connectivity index (χ3n) is 2.39. The summed E-state index contributed by atoms with van der Waals surface area (Å²) in [6.07, 6.45) is 0.749. The number of hydrogen-bond donors (Lipinski definition) is 0. The monoisotopic (exact) mass is 248 g/mol. The molecule has 0 unspecified atom stereocenters. The lowest BCUT2D eigenvalue weighted by atomic mass is 10.2. The van der Waals surface area contributed by atoms with Crippen LogP contribution in [0.3, 0.4) is 0 Å². The molecule has 7 heteroatoms. The zero-order valence-corrected chi connectivity index (χ0v) is 10.0. The van der Waals surface area contributed by atoms with E-state index in [1.807, 2.05) is 0 Å². The van der Waals surface area contributed by atoms with Gasteiger partial charge in [0.05, 0.1) is 7.11 Å². The van der Waals surface area contributed by atoms with Crippen molar-refractivity contribution in [1.82, 2.24) is 20.2 Å². The molecule has 1 aromatic heterocycles. The van der Waals surface area contributed by atoms with Gasteiger partial charge in [-0.1, -0.05) is 0 Å². The topological polar surface area (TPSA) is 79.1 Å². The van der Waals surface area contributed by atoms with Crippen LogP contribution in [0.2, 0.25) is 0 Å². The van der Waals surface area contributed by atoms with Gasteiger partial charge in [-0.25, -0.2) is 4.68 Å². The van der Waals surface area contributed by atoms with Crippen LogP contribution in [0, 0.1) is 0 Å². The van der Waals surface area contributed by atoms with E-state index >= 15 is 0 Å². The molecule has 0 aliphatic carbocycles. The number of aromatic nitrogens is 4. The average molecular weight is 248 g/mol. The lowest BCUT2D eigenvalue weighted by Gasteiger charge is -2.10. The molecule has 0 radical (unpaired) electrons. The summed E-state index contributed by atoms with van der Waals surface area (Å²) < 4.78 is 12.2. The minimum Gasteiger partial charge on any atom is -0.493 e. The maximum absolute atomic E-state index is 10.6. The van der Waals surface area contributed by atoms with Gasteiger partial charge >= 0.3 is 0 Å². The Morgan fingerprint density at radius 3 is 2.83 bits per heavy atom. The molecule has 0 aliphatic heterocycles. The number of aldehydes is 1. The molecular formula is C11H12N4O3. The Morgan fingerprint density at radius 1 is 1.39 bits per heavy atom. The Labute approximate surface area is 103 Å². The second kappa shape index (κ2) is 5.26. The molecular weight excluding hydrogens is 236 g/mol. The maximum atomic E-state index is 10.6. The molecule has 0 atom stereocenters. The van der Waals surface area contributed by atoms with Crippen molar-refractivity contribution in [2.45, 2.75) is 6.61 Å². The Bertz CT molecular complexity index is 553. The van der Waals surface area contributed by atoms with E-state index < -0.39 is 0 Å². The van der Waals surface area contributed by atoms with Gasteiger partial charge in [-0.2, -0.15) is 0 Å². The third-order valence-corrected chi connectivity index (χ3v) is 2.39. The maximum Gasteiger partial charge on any atom is 0.188 e. The Hall–Kier alpha value is -2.44. The van der Waals surface area contributed by atoms with Gasteiger partial charge in [0.15, 0.2) is 17.3 Å². The normalized spacial score (nSPS) is 10.1. The van der Waals surface area contributed by atoms with E-state index in [1.54, 1.807) is 25.2 Å². The lowest BCUT2D eigenvalue weighted by molar-refractivity contribution is 0.112. The van der Waals surface area contributed by atoms with Crippen molar-refractivity contribution in [3.8, 4) is 11.5 Å². The van der Waals surface area contributed by atoms with Crippen molar-refractivity contribution in [2.24, 2.45) is 7.05 Å². The van der Waals surface area contributed by atoms with Crippen LogP contribution in [0.25, 0.3) is 0 Å². The van der Waals surface area contributed by atoms with Crippen molar-refractivity contribution < 1.29 is 14.3 Å². The van der Waals surface area contributed by atoms with Crippen LogP contribution in [-0.2, 0) is 13.7 Å². The van der Waals surface area contributed by atoms with E-state index in [0.717, 1.165) is 6.29 Å². The first-order valence-electron chi connectivity index (χ1n) is 5.22. The number of ether oxygens (including phenoxy) is 2. The molecule has 2 rings (SSSR count). The van der Waals surface area contributed by atoms with E-state index in [1.165, 1.54) is 11.8 Å². The molecule has 0 saturated heterocycles. The molecule has 2 aromatic rings. The average Bonchev–Trinajstić information content (AvgIpc) is 2.81. The van der Waals surface area contributed by atoms with Crippen LogP contribution in [-0.4, -0.2) is 33.6 Å². The molecule has 0 aliphatic rings. The van der Waals surface area contributed by atoms with Crippen molar-refractivity contribution in [3.63, 3.8) is 0 Å². The van der Waals surface area contributed by atoms with Gasteiger partial charge in [-0.05, 0) is 28.6 Å². The standard InChI is InChI=1S/C11H12N4O3/c1-15-11(12-13-14-15)7-18-9-4-3-8(6-16)5-10(9)17-2/h3-6H,7H2,1-2H3. The van der Waals surface area contributed by atoms with Crippen molar-refractivity contribution in [3.05, 3.63) is 29.6 Å². The summed E-state index contributed by atoms with van der Waals surface area (Å²) in [7, 11) is 3.24. The summed E-state index contributed by atoms with van der Waals surface area (Å²) >= 11 is 0. The van der Waals surface area contributed by atoms with Crippen molar-refractivity contribution >= 4 is 6.29 Å². The number of tetrazole rings is 1. The second-order valence-electron chi connectivity index (χ2n) is 3.54. The van der Waals surface area contributed by atoms with Crippen LogP contribution < -0.4 is 9.47 Å². The van der Waals surface area contributed by atoms with Crippen LogP contribution in [0.4, 0.5) is 0 Å². The van der Waals surface area contributed by atoms with E-state index in [-0.39, 0.29) is 6.61 Å². The highest BCUT2D eigenvalue weighted by molar-refractivity contribution is 5.76. The molecule has 0 N–H and O–H groups in total. The van der Waals surface area contributed by atoms with Gasteiger partial charge in [0.2, 0.25) is 0 Å². The van der Waals surface area contributed by atoms with Crippen LogP contribution in [0.5, 0.6) is 11.5 Å². The van der Waals surface area contributed by atoms with E-state index in [2.05, 4.69) is 15.5 Å². The highest BCUT2D eigenvalue weighted by Crippen LogP contribution is 2.28. The summed E-state index contributed by atoms with van der Waals surface area (Å²) in [6, 6.07) is 4.93. The first-order chi connectivity index (χ1) is 8.74. The van der Waals surface area contributed by atoms with Gasteiger partial charge in [0.1, 0.15) is 12.9 Å². The van der Waals surface area contributed by atoms with Crippen LogP contribution >= 0.6 is 0 Å². The molecule has 18 heavy (non-hydrogen) atoms. The number of carbonyl (C=O) groups is 1. The zero-order chi connectivity index (χ0) is 13.0. The van der Waals surface area contributed by atoms with Crippen LogP contribution in [0.1, 0.15) is 16.2 Å². The summed E-state index contributed by atoms with van der Waals surface area (Å²) in [4.78, 5) is 10.6. The molecule has 0 spiro atoms. The predicted molar refractivity (Wildman–Crippen MR) is 61.5 cm³/mol. The fourth-order valence-corrected chi connectivity index (χ4v) is 1.39. The number of rotatable bonds is 5. The van der Waals surface area contributed by atoms with Gasteiger partial charge < -0.3 is 9.47 Å². The molecule has 0 bridgehead atoms. The Morgan fingerprint density at radius 2 is 2.22 bits per heavy atom. The molecule has 0 saturated carbocycles. The Balaban J connectivity index is 2.14. The van der Waals surface area contributed by atoms with Gasteiger partial charge in [-0.3, -0.25) is 4.79 Å². The number of benzene rings is 1. The fraction of sp³-hybridized carbons (Fsp3) is 0.273. The van der Waals surface area contributed by atoms with Crippen molar-refractivity contribution in [1.29, 1.82) is 0 Å². The van der Waals surface area contributed by atoms with Gasteiger partial charge in [0.25, 0.3) is 0 Å². The van der Waals surface area contributed by atoms with Gasteiger partial charge in [-0.15, -0.1) is 5.10 Å². The fourth-order valence-electron chi connectivity index (χ4n) is 1.39. The first-order valence-corrected chi connectivity index (χ1v) is 5.22. The number of nitrogens with zero attached hydrogens (tertiary/aromatic N) is 4. The first kappa shape index (κ1) is 12.0. The molecule has 94 valence electrons. The molecule has 0 fully saturated rings. The largest absolute Gasteiger partial charge is 0.493 e. The second-order valence-corrected chi connectivity index (χ2v) is 3.54. The molecule has 1 aromatic carbocycles. The minimum atomic E-state index is 0.223.